The van der Waals surface area contributed by atoms with E-state index in [0.717, 1.165) is 17.2 Å². The maximum atomic E-state index is 10.0. The summed E-state index contributed by atoms with van der Waals surface area (Å²) in [5.41, 5.74) is 5.09. The van der Waals surface area contributed by atoms with Crippen LogP contribution in [0.15, 0.2) is 5.41 Å². The Kier molecular flexibility index (Phi) is 4.66. The predicted octanol–water partition coefficient (Wildman–Crippen LogP) is -0.523. The molecule has 5 heteroatoms. The molecule has 0 rings (SSSR count). The highest BCUT2D eigenvalue weighted by Crippen LogP contribution is 2.00. The minimum atomic E-state index is -1.06. The van der Waals surface area contributed by atoms with Crippen LogP contribution in [-0.4, -0.2) is 28.8 Å². The van der Waals surface area contributed by atoms with Crippen LogP contribution in [0, 0.1) is 0 Å². The van der Waals surface area contributed by atoms with Crippen LogP contribution >= 0.6 is 11.8 Å². The molecule has 0 aliphatic carbocycles. The zero-order chi connectivity index (χ0) is 7.98. The Labute approximate surface area is 62.1 Å². The molecule has 0 aromatic rings. The Bertz CT molecular complexity index is 164. The fraction of sp³-hybridized carbons (Fsp3) is 0.400. The first-order valence-corrected chi connectivity index (χ1v) is 3.52. The molecule has 0 saturated carbocycles. The first-order chi connectivity index (χ1) is 4.68. The molecule has 0 aliphatic heterocycles. The van der Waals surface area contributed by atoms with Gasteiger partial charge in [0, 0.05) is 5.75 Å². The van der Waals surface area contributed by atoms with Gasteiger partial charge in [-0.05, 0) is 0 Å². The predicted molar refractivity (Wildman–Crippen MR) is 38.3 cm³/mol. The molecule has 0 aliphatic rings. The molecule has 1 atom stereocenters. The van der Waals surface area contributed by atoms with Crippen molar-refractivity contribution in [2.24, 2.45) is 5.73 Å². The average molecular weight is 161 g/mol. The molecule has 4 nitrogen and oxygen atoms in total. The highest BCUT2D eigenvalue weighted by Gasteiger charge is 2.09. The summed E-state index contributed by atoms with van der Waals surface area (Å²) >= 11 is 1.04. The standard InChI is InChI=1S/C5H7NO3S/c6-4(5(8)9)3-10-2-1-7/h2,4H,3,6H2,(H,8,9). The lowest BCUT2D eigenvalue weighted by Gasteiger charge is -2.00. The third kappa shape index (κ3) is 4.14. The zero-order valence-electron chi connectivity index (χ0n) is 5.11. The van der Waals surface area contributed by atoms with Gasteiger partial charge in [-0.25, -0.2) is 4.79 Å². The van der Waals surface area contributed by atoms with Gasteiger partial charge in [-0.15, -0.1) is 11.8 Å². The minimum Gasteiger partial charge on any atom is -0.480 e. The molecule has 0 spiro atoms. The minimum absolute atomic E-state index is 0.199. The van der Waals surface area contributed by atoms with E-state index in [1.54, 1.807) is 0 Å². The van der Waals surface area contributed by atoms with Gasteiger partial charge in [0.25, 0.3) is 0 Å². The number of hydrogen-bond donors (Lipinski definition) is 2. The highest BCUT2D eigenvalue weighted by atomic mass is 32.2. The first-order valence-electron chi connectivity index (χ1n) is 2.48. The van der Waals surface area contributed by atoms with E-state index in [-0.39, 0.29) is 5.75 Å². The molecule has 0 radical (unpaired) electrons. The molecule has 0 aromatic heterocycles. The maximum Gasteiger partial charge on any atom is 0.321 e. The second-order valence-electron chi connectivity index (χ2n) is 1.51. The number of hydrogen-bond acceptors (Lipinski definition) is 4. The Morgan fingerprint density at radius 1 is 1.90 bits per heavy atom. The van der Waals surface area contributed by atoms with E-state index in [0.29, 0.717) is 0 Å². The Balaban J connectivity index is 3.48. The van der Waals surface area contributed by atoms with Crippen molar-refractivity contribution in [3.63, 3.8) is 0 Å². The summed E-state index contributed by atoms with van der Waals surface area (Å²) in [5.74, 6) is 0.637. The van der Waals surface area contributed by atoms with E-state index in [1.165, 1.54) is 5.94 Å². The van der Waals surface area contributed by atoms with E-state index in [9.17, 15) is 9.59 Å². The summed E-state index contributed by atoms with van der Waals surface area (Å²) in [7, 11) is 0. The van der Waals surface area contributed by atoms with E-state index >= 15 is 0 Å². The van der Waals surface area contributed by atoms with E-state index < -0.39 is 12.0 Å². The van der Waals surface area contributed by atoms with Crippen molar-refractivity contribution in [2.45, 2.75) is 6.04 Å². The molecular weight excluding hydrogens is 154 g/mol. The summed E-state index contributed by atoms with van der Waals surface area (Å²) < 4.78 is 0. The number of aliphatic carboxylic acids is 1. The number of carbonyl (C=O) groups excluding carboxylic acids is 1. The number of rotatable bonds is 4. The van der Waals surface area contributed by atoms with Crippen molar-refractivity contribution in [2.75, 3.05) is 5.75 Å². The van der Waals surface area contributed by atoms with Crippen LogP contribution in [0.1, 0.15) is 0 Å². The SMILES string of the molecule is NC(CSC=C=O)C(=O)O. The molecule has 1 unspecified atom stereocenters. The summed E-state index contributed by atoms with van der Waals surface area (Å²) in [6, 6.07) is -0.908. The summed E-state index contributed by atoms with van der Waals surface area (Å²) in [6.07, 6.45) is 0. The van der Waals surface area contributed by atoms with Gasteiger partial charge in [0.15, 0.2) is 0 Å². The van der Waals surface area contributed by atoms with E-state index in [1.807, 2.05) is 0 Å². The zero-order valence-corrected chi connectivity index (χ0v) is 5.93. The van der Waals surface area contributed by atoms with Crippen molar-refractivity contribution in [3.05, 3.63) is 5.41 Å². The van der Waals surface area contributed by atoms with Gasteiger partial charge >= 0.3 is 5.97 Å². The summed E-state index contributed by atoms with van der Waals surface area (Å²) in [5, 5.41) is 9.37. The third-order valence-electron chi connectivity index (χ3n) is 0.724. The van der Waals surface area contributed by atoms with Gasteiger partial charge in [0.1, 0.15) is 12.0 Å². The molecule has 0 bridgehead atoms. The van der Waals surface area contributed by atoms with Crippen LogP contribution in [0.2, 0.25) is 0 Å². The summed E-state index contributed by atoms with van der Waals surface area (Å²) in [4.78, 5) is 19.6. The van der Waals surface area contributed by atoms with Crippen LogP contribution in [0.5, 0.6) is 0 Å². The second-order valence-corrected chi connectivity index (χ2v) is 2.42. The van der Waals surface area contributed by atoms with Gasteiger partial charge in [0.2, 0.25) is 0 Å². The molecule has 10 heavy (non-hydrogen) atoms. The fourth-order valence-electron chi connectivity index (χ4n) is 0.257. The van der Waals surface area contributed by atoms with Crippen LogP contribution in [0.4, 0.5) is 0 Å². The van der Waals surface area contributed by atoms with Gasteiger partial charge in [-0.1, -0.05) is 0 Å². The van der Waals surface area contributed by atoms with Crippen LogP contribution in [-0.2, 0) is 9.59 Å². The quantitative estimate of drug-likeness (QED) is 0.542. The molecule has 0 aromatic carbocycles. The van der Waals surface area contributed by atoms with Gasteiger partial charge < -0.3 is 10.8 Å². The first kappa shape index (κ1) is 9.23. The Morgan fingerprint density at radius 2 is 2.50 bits per heavy atom. The number of thioether (sulfide) groups is 1. The van der Waals surface area contributed by atoms with Gasteiger partial charge in [-0.3, -0.25) is 4.79 Å². The smallest absolute Gasteiger partial charge is 0.321 e. The highest BCUT2D eigenvalue weighted by molar-refractivity contribution is 8.02. The normalized spacial score (nSPS) is 11.7. The lowest BCUT2D eigenvalue weighted by molar-refractivity contribution is -0.137. The Hall–Kier alpha value is -0.770. The topological polar surface area (TPSA) is 80.4 Å². The molecule has 3 N–H and O–H groups in total. The van der Waals surface area contributed by atoms with Crippen LogP contribution < -0.4 is 5.73 Å². The molecule has 0 amide bonds. The van der Waals surface area contributed by atoms with Crippen LogP contribution in [0.3, 0.4) is 0 Å². The largest absolute Gasteiger partial charge is 0.480 e. The monoisotopic (exact) mass is 161 g/mol. The lowest BCUT2D eigenvalue weighted by Crippen LogP contribution is -2.32. The third-order valence-corrected chi connectivity index (χ3v) is 1.54. The second kappa shape index (κ2) is 5.05. The maximum absolute atomic E-state index is 10.0. The number of carboxylic acids is 1. The average Bonchev–Trinajstić information content (AvgIpc) is 1.88. The van der Waals surface area contributed by atoms with Gasteiger partial charge in [-0.2, -0.15) is 0 Å². The number of carbonyl (C=O) groups is 1. The fourth-order valence-corrected chi connectivity index (χ4v) is 0.771. The molecule has 56 valence electrons. The molecule has 0 fully saturated rings. The summed E-state index contributed by atoms with van der Waals surface area (Å²) in [6.45, 7) is 0. The molecule has 0 saturated heterocycles. The van der Waals surface area contributed by atoms with Crippen molar-refractivity contribution in [3.8, 4) is 0 Å². The molecule has 0 heterocycles. The van der Waals surface area contributed by atoms with Gasteiger partial charge in [0.05, 0.1) is 5.41 Å². The van der Waals surface area contributed by atoms with E-state index in [2.05, 4.69) is 0 Å². The van der Waals surface area contributed by atoms with Crippen LogP contribution in [0.25, 0.3) is 0 Å². The van der Waals surface area contributed by atoms with Crippen molar-refractivity contribution < 1.29 is 14.7 Å². The van der Waals surface area contributed by atoms with Crippen molar-refractivity contribution in [1.29, 1.82) is 0 Å². The molecular formula is C5H7NO3S. The Morgan fingerprint density at radius 3 is 2.90 bits per heavy atom. The number of carboxylic acid groups (broad SMARTS) is 1. The lowest BCUT2D eigenvalue weighted by atomic mass is 10.4. The number of nitrogens with two attached hydrogens (primary N) is 1. The van der Waals surface area contributed by atoms with Crippen molar-refractivity contribution in [1.82, 2.24) is 0 Å². The van der Waals surface area contributed by atoms with Crippen molar-refractivity contribution >= 4 is 23.7 Å². The van der Waals surface area contributed by atoms with E-state index in [4.69, 9.17) is 10.8 Å².